The molecule has 4 nitrogen and oxygen atoms in total. The van der Waals surface area contributed by atoms with Gasteiger partial charge in [0.05, 0.1) is 11.7 Å². The van der Waals surface area contributed by atoms with Gasteiger partial charge in [-0.15, -0.1) is 0 Å². The van der Waals surface area contributed by atoms with Crippen molar-refractivity contribution in [3.8, 4) is 0 Å². The van der Waals surface area contributed by atoms with Crippen LogP contribution in [0.5, 0.6) is 0 Å². The van der Waals surface area contributed by atoms with Crippen LogP contribution in [0.15, 0.2) is 54.9 Å². The highest BCUT2D eigenvalue weighted by Gasteiger charge is 2.26. The fraction of sp³-hybridized carbons (Fsp3) is 0.278. The lowest BCUT2D eigenvalue weighted by Gasteiger charge is -2.35. The first-order chi connectivity index (χ1) is 10.9. The molecule has 22 heavy (non-hydrogen) atoms. The van der Waals surface area contributed by atoms with Crippen LogP contribution in [0.1, 0.15) is 17.3 Å². The number of H-pyrrole nitrogens is 1. The topological polar surface area (TPSA) is 44.0 Å². The number of hydrogen-bond acceptors (Lipinski definition) is 3. The smallest absolute Gasteiger partial charge is 0.0783 e. The van der Waals surface area contributed by atoms with Crippen molar-refractivity contribution in [2.24, 2.45) is 0 Å². The molecule has 0 bridgehead atoms. The Morgan fingerprint density at radius 2 is 1.91 bits per heavy atom. The maximum atomic E-state index is 4.65. The minimum atomic E-state index is 0.211. The van der Waals surface area contributed by atoms with Gasteiger partial charge in [-0.25, -0.2) is 0 Å². The quantitative estimate of drug-likeness (QED) is 0.780. The molecule has 1 saturated heterocycles. The van der Waals surface area contributed by atoms with Gasteiger partial charge in [0, 0.05) is 49.5 Å². The zero-order chi connectivity index (χ0) is 14.8. The number of hydrogen-bond donors (Lipinski definition) is 2. The lowest BCUT2D eigenvalue weighted by atomic mass is 9.97. The summed E-state index contributed by atoms with van der Waals surface area (Å²) in [7, 11) is 0. The molecular formula is C18H20N4. The normalized spacial score (nSPS) is 17.6. The third-order valence-corrected chi connectivity index (χ3v) is 4.41. The zero-order valence-electron chi connectivity index (χ0n) is 12.5. The molecule has 0 saturated carbocycles. The van der Waals surface area contributed by atoms with Gasteiger partial charge in [-0.05, 0) is 29.8 Å². The summed E-state index contributed by atoms with van der Waals surface area (Å²) in [5.41, 5.74) is 3.64. The molecule has 4 heteroatoms. The van der Waals surface area contributed by atoms with E-state index in [2.05, 4.69) is 56.6 Å². The Kier molecular flexibility index (Phi) is 3.62. The summed E-state index contributed by atoms with van der Waals surface area (Å²) in [6.07, 6.45) is 3.91. The lowest BCUT2D eigenvalue weighted by molar-refractivity contribution is 0.196. The average molecular weight is 292 g/mol. The van der Waals surface area contributed by atoms with Crippen molar-refractivity contribution in [3.63, 3.8) is 0 Å². The predicted molar refractivity (Wildman–Crippen MR) is 88.8 cm³/mol. The standard InChI is InChI=1S/C18H20N4/c1-2-8-20-17(5-1)18(22-12-10-19-11-13-22)15-4-3-6-16-14(15)7-9-21-16/h1-9,18-19,21H,10-13H2. The van der Waals surface area contributed by atoms with E-state index in [1.807, 2.05) is 18.5 Å². The largest absolute Gasteiger partial charge is 0.361 e. The molecule has 0 aliphatic carbocycles. The second kappa shape index (κ2) is 5.91. The molecule has 0 spiro atoms. The van der Waals surface area contributed by atoms with Crippen molar-refractivity contribution >= 4 is 10.9 Å². The van der Waals surface area contributed by atoms with Gasteiger partial charge in [-0.3, -0.25) is 9.88 Å². The van der Waals surface area contributed by atoms with Crippen LogP contribution >= 0.6 is 0 Å². The summed E-state index contributed by atoms with van der Waals surface area (Å²) in [6, 6.07) is 15.1. The number of rotatable bonds is 3. The van der Waals surface area contributed by atoms with Crippen molar-refractivity contribution in [2.45, 2.75) is 6.04 Å². The average Bonchev–Trinajstić information content (AvgIpc) is 3.07. The highest BCUT2D eigenvalue weighted by Crippen LogP contribution is 2.32. The van der Waals surface area contributed by atoms with E-state index in [-0.39, 0.29) is 6.04 Å². The van der Waals surface area contributed by atoms with Gasteiger partial charge in [-0.1, -0.05) is 18.2 Å². The number of piperazine rings is 1. The number of benzene rings is 1. The van der Waals surface area contributed by atoms with E-state index >= 15 is 0 Å². The van der Waals surface area contributed by atoms with E-state index in [0.29, 0.717) is 0 Å². The Labute approximate surface area is 130 Å². The van der Waals surface area contributed by atoms with Crippen LogP contribution in [0.3, 0.4) is 0 Å². The van der Waals surface area contributed by atoms with Crippen LogP contribution < -0.4 is 5.32 Å². The monoisotopic (exact) mass is 292 g/mol. The molecule has 2 N–H and O–H groups in total. The van der Waals surface area contributed by atoms with Crippen molar-refractivity contribution in [3.05, 3.63) is 66.1 Å². The van der Waals surface area contributed by atoms with Crippen molar-refractivity contribution < 1.29 is 0 Å². The number of pyridine rings is 1. The molecule has 1 unspecified atom stereocenters. The molecule has 4 rings (SSSR count). The summed E-state index contributed by atoms with van der Waals surface area (Å²) < 4.78 is 0. The van der Waals surface area contributed by atoms with Crippen LogP contribution in [0.2, 0.25) is 0 Å². The van der Waals surface area contributed by atoms with Crippen LogP contribution in [-0.2, 0) is 0 Å². The highest BCUT2D eigenvalue weighted by molar-refractivity contribution is 5.83. The zero-order valence-corrected chi connectivity index (χ0v) is 12.5. The molecule has 1 aliphatic rings. The summed E-state index contributed by atoms with van der Waals surface area (Å²) in [5.74, 6) is 0. The van der Waals surface area contributed by atoms with Crippen LogP contribution in [0.25, 0.3) is 10.9 Å². The maximum absolute atomic E-state index is 4.65. The molecular weight excluding hydrogens is 272 g/mol. The summed E-state index contributed by atoms with van der Waals surface area (Å²) in [6.45, 7) is 4.16. The first-order valence-corrected chi connectivity index (χ1v) is 7.85. The third kappa shape index (κ3) is 2.40. The van der Waals surface area contributed by atoms with Crippen molar-refractivity contribution in [2.75, 3.05) is 26.2 Å². The Hall–Kier alpha value is -2.17. The van der Waals surface area contributed by atoms with E-state index in [1.165, 1.54) is 16.5 Å². The van der Waals surface area contributed by atoms with Gasteiger partial charge in [0.1, 0.15) is 0 Å². The fourth-order valence-electron chi connectivity index (χ4n) is 3.37. The van der Waals surface area contributed by atoms with Gasteiger partial charge in [0.25, 0.3) is 0 Å². The minimum Gasteiger partial charge on any atom is -0.361 e. The summed E-state index contributed by atoms with van der Waals surface area (Å²) in [5, 5.41) is 4.73. The molecule has 0 amide bonds. The molecule has 3 aromatic rings. The number of nitrogens with one attached hydrogen (secondary N) is 2. The second-order valence-corrected chi connectivity index (χ2v) is 5.73. The van der Waals surface area contributed by atoms with Gasteiger partial charge in [0.2, 0.25) is 0 Å². The molecule has 1 atom stereocenters. The first kappa shape index (κ1) is 13.5. The van der Waals surface area contributed by atoms with E-state index in [0.717, 1.165) is 31.9 Å². The SMILES string of the molecule is c1ccc(C(c2cccc3[nH]ccc23)N2CCNCC2)nc1. The first-order valence-electron chi connectivity index (χ1n) is 7.85. The van der Waals surface area contributed by atoms with E-state index in [9.17, 15) is 0 Å². The van der Waals surface area contributed by atoms with E-state index in [4.69, 9.17) is 0 Å². The molecule has 0 radical (unpaired) electrons. The van der Waals surface area contributed by atoms with E-state index in [1.54, 1.807) is 0 Å². The van der Waals surface area contributed by atoms with Crippen molar-refractivity contribution in [1.82, 2.24) is 20.2 Å². The third-order valence-electron chi connectivity index (χ3n) is 4.41. The van der Waals surface area contributed by atoms with Gasteiger partial charge >= 0.3 is 0 Å². The Morgan fingerprint density at radius 1 is 1.00 bits per heavy atom. The molecule has 2 aromatic heterocycles. The van der Waals surface area contributed by atoms with Crippen LogP contribution in [0.4, 0.5) is 0 Å². The van der Waals surface area contributed by atoms with E-state index < -0.39 is 0 Å². The lowest BCUT2D eigenvalue weighted by Crippen LogP contribution is -2.45. The molecule has 112 valence electrons. The summed E-state index contributed by atoms with van der Waals surface area (Å²) in [4.78, 5) is 10.5. The second-order valence-electron chi connectivity index (χ2n) is 5.73. The Morgan fingerprint density at radius 3 is 2.73 bits per heavy atom. The Bertz CT molecular complexity index is 744. The van der Waals surface area contributed by atoms with Crippen LogP contribution in [0, 0.1) is 0 Å². The Balaban J connectivity index is 1.84. The molecule has 3 heterocycles. The maximum Gasteiger partial charge on any atom is 0.0783 e. The molecule has 1 aromatic carbocycles. The number of nitrogens with zero attached hydrogens (tertiary/aromatic N) is 2. The van der Waals surface area contributed by atoms with Crippen LogP contribution in [-0.4, -0.2) is 41.0 Å². The number of aromatic nitrogens is 2. The predicted octanol–water partition coefficient (Wildman–Crippen LogP) is 2.56. The number of aromatic amines is 1. The summed E-state index contributed by atoms with van der Waals surface area (Å²) >= 11 is 0. The molecule has 1 fully saturated rings. The minimum absolute atomic E-state index is 0.211. The van der Waals surface area contributed by atoms with Gasteiger partial charge in [0.15, 0.2) is 0 Å². The van der Waals surface area contributed by atoms with Gasteiger partial charge < -0.3 is 10.3 Å². The molecule has 1 aliphatic heterocycles. The highest BCUT2D eigenvalue weighted by atomic mass is 15.2. The van der Waals surface area contributed by atoms with Crippen molar-refractivity contribution in [1.29, 1.82) is 0 Å². The fourth-order valence-corrected chi connectivity index (χ4v) is 3.37. The number of fused-ring (bicyclic) bond motifs is 1. The van der Waals surface area contributed by atoms with Gasteiger partial charge in [-0.2, -0.15) is 0 Å².